The maximum absolute atomic E-state index is 12.2. The lowest BCUT2D eigenvalue weighted by molar-refractivity contribution is -0.116. The molecular weight excluding hydrogens is 374 g/mol. The molecule has 0 unspecified atom stereocenters. The number of nitrogens with one attached hydrogen (secondary N) is 1. The minimum absolute atomic E-state index is 0.146. The minimum atomic E-state index is -0.380. The summed E-state index contributed by atoms with van der Waals surface area (Å²) >= 11 is 0. The Hall–Kier alpha value is -3.66. The second-order valence-electron chi connectivity index (χ2n) is 6.90. The van der Waals surface area contributed by atoms with Crippen LogP contribution in [0.25, 0.3) is 6.08 Å². The van der Waals surface area contributed by atoms with Crippen molar-refractivity contribution in [2.45, 2.75) is 12.3 Å². The number of carbonyl (C=O) groups is 2. The summed E-state index contributed by atoms with van der Waals surface area (Å²) in [5, 5.41) is 2.96. The molecule has 3 aromatic carbocycles. The van der Waals surface area contributed by atoms with Gasteiger partial charge in [-0.3, -0.25) is 4.79 Å². The minimum Gasteiger partial charge on any atom is -0.465 e. The number of methoxy groups -OCH3 is 1. The highest BCUT2D eigenvalue weighted by Crippen LogP contribution is 2.27. The average molecular weight is 399 g/mol. The molecule has 0 aliphatic rings. The Bertz CT molecular complexity index is 940. The Morgan fingerprint density at radius 3 is 1.97 bits per heavy atom. The van der Waals surface area contributed by atoms with Crippen LogP contribution in [0.1, 0.15) is 39.4 Å². The summed E-state index contributed by atoms with van der Waals surface area (Å²) in [4.78, 5) is 23.7. The Labute approximate surface area is 177 Å². The molecule has 0 aliphatic heterocycles. The van der Waals surface area contributed by atoms with Gasteiger partial charge in [-0.2, -0.15) is 0 Å². The molecule has 3 rings (SSSR count). The Kier molecular flexibility index (Phi) is 7.56. The van der Waals surface area contributed by atoms with Gasteiger partial charge in [0.1, 0.15) is 0 Å². The number of esters is 1. The van der Waals surface area contributed by atoms with Crippen LogP contribution >= 0.6 is 0 Å². The third-order valence-corrected chi connectivity index (χ3v) is 4.90. The van der Waals surface area contributed by atoms with Gasteiger partial charge in [-0.05, 0) is 41.3 Å². The summed E-state index contributed by atoms with van der Waals surface area (Å²) in [5.74, 6) is -0.302. The van der Waals surface area contributed by atoms with Gasteiger partial charge >= 0.3 is 5.97 Å². The molecule has 0 saturated carbocycles. The van der Waals surface area contributed by atoms with Crippen molar-refractivity contribution < 1.29 is 14.3 Å². The molecule has 0 bridgehead atoms. The van der Waals surface area contributed by atoms with E-state index in [1.807, 2.05) is 36.4 Å². The predicted molar refractivity (Wildman–Crippen MR) is 119 cm³/mol. The molecule has 3 aromatic rings. The molecule has 0 fully saturated rings. The molecule has 1 N–H and O–H groups in total. The summed E-state index contributed by atoms with van der Waals surface area (Å²) in [7, 11) is 1.35. The fourth-order valence-electron chi connectivity index (χ4n) is 3.32. The van der Waals surface area contributed by atoms with Crippen molar-refractivity contribution in [3.05, 3.63) is 113 Å². The third-order valence-electron chi connectivity index (χ3n) is 4.90. The zero-order valence-electron chi connectivity index (χ0n) is 17.0. The second kappa shape index (κ2) is 10.8. The van der Waals surface area contributed by atoms with E-state index >= 15 is 0 Å². The lowest BCUT2D eigenvalue weighted by Crippen LogP contribution is -2.23. The maximum atomic E-state index is 12.2. The molecule has 0 heterocycles. The number of rotatable bonds is 8. The average Bonchev–Trinajstić information content (AvgIpc) is 2.81. The van der Waals surface area contributed by atoms with Gasteiger partial charge in [0.05, 0.1) is 12.7 Å². The van der Waals surface area contributed by atoms with Gasteiger partial charge in [-0.15, -0.1) is 0 Å². The molecule has 0 aliphatic carbocycles. The van der Waals surface area contributed by atoms with Crippen molar-refractivity contribution in [2.24, 2.45) is 0 Å². The Morgan fingerprint density at radius 1 is 0.867 bits per heavy atom. The standard InChI is InChI=1S/C26H25NO3/c1-30-26(29)23-15-12-20(13-16-23)14-17-25(28)27-19-18-24(21-8-4-2-5-9-21)22-10-6-3-7-11-22/h2-17,24H,18-19H2,1H3,(H,27,28). The Morgan fingerprint density at radius 2 is 1.43 bits per heavy atom. The first-order chi connectivity index (χ1) is 14.7. The molecule has 30 heavy (non-hydrogen) atoms. The highest BCUT2D eigenvalue weighted by Gasteiger charge is 2.13. The van der Waals surface area contributed by atoms with Gasteiger partial charge in [-0.25, -0.2) is 4.79 Å². The third kappa shape index (κ3) is 5.92. The SMILES string of the molecule is COC(=O)c1ccc(C=CC(=O)NCCC(c2ccccc2)c2ccccc2)cc1. The van der Waals surface area contributed by atoms with E-state index in [0.29, 0.717) is 12.1 Å². The number of hydrogen-bond donors (Lipinski definition) is 1. The quantitative estimate of drug-likeness (QED) is 0.436. The monoisotopic (exact) mass is 399 g/mol. The largest absolute Gasteiger partial charge is 0.465 e. The number of ether oxygens (including phenoxy) is 1. The van der Waals surface area contributed by atoms with Crippen molar-refractivity contribution in [3.63, 3.8) is 0 Å². The van der Waals surface area contributed by atoms with E-state index in [9.17, 15) is 9.59 Å². The lowest BCUT2D eigenvalue weighted by atomic mass is 9.88. The number of benzene rings is 3. The molecule has 152 valence electrons. The lowest BCUT2D eigenvalue weighted by Gasteiger charge is -2.18. The predicted octanol–water partition coefficient (Wildman–Crippen LogP) is 4.82. The molecule has 0 spiro atoms. The number of amides is 1. The molecule has 0 aromatic heterocycles. The first-order valence-corrected chi connectivity index (χ1v) is 9.91. The van der Waals surface area contributed by atoms with Crippen LogP contribution in [0.3, 0.4) is 0 Å². The van der Waals surface area contributed by atoms with E-state index in [4.69, 9.17) is 0 Å². The van der Waals surface area contributed by atoms with Crippen LogP contribution in [0.5, 0.6) is 0 Å². The number of carbonyl (C=O) groups excluding carboxylic acids is 2. The van der Waals surface area contributed by atoms with E-state index < -0.39 is 0 Å². The van der Waals surface area contributed by atoms with Gasteiger partial charge in [0, 0.05) is 18.5 Å². The summed E-state index contributed by atoms with van der Waals surface area (Å²) < 4.78 is 4.68. The molecule has 4 nitrogen and oxygen atoms in total. The summed E-state index contributed by atoms with van der Waals surface area (Å²) in [6.45, 7) is 0.568. The van der Waals surface area contributed by atoms with Crippen LogP contribution in [-0.4, -0.2) is 25.5 Å². The smallest absolute Gasteiger partial charge is 0.337 e. The normalized spacial score (nSPS) is 10.9. The van der Waals surface area contributed by atoms with Crippen LogP contribution in [-0.2, 0) is 9.53 Å². The summed E-state index contributed by atoms with van der Waals surface area (Å²) in [6, 6.07) is 27.6. The van der Waals surface area contributed by atoms with Crippen LogP contribution in [0, 0.1) is 0 Å². The van der Waals surface area contributed by atoms with E-state index in [2.05, 4.69) is 34.3 Å². The van der Waals surface area contributed by atoms with Gasteiger partial charge in [0.15, 0.2) is 0 Å². The molecule has 0 atom stereocenters. The zero-order valence-corrected chi connectivity index (χ0v) is 17.0. The van der Waals surface area contributed by atoms with E-state index in [1.165, 1.54) is 24.3 Å². The van der Waals surface area contributed by atoms with Crippen LogP contribution in [0.2, 0.25) is 0 Å². The molecule has 0 saturated heterocycles. The van der Waals surface area contributed by atoms with Crippen LogP contribution in [0.15, 0.2) is 91.0 Å². The van der Waals surface area contributed by atoms with Crippen molar-refractivity contribution in [3.8, 4) is 0 Å². The van der Waals surface area contributed by atoms with Crippen molar-refractivity contribution in [1.29, 1.82) is 0 Å². The van der Waals surface area contributed by atoms with Gasteiger partial charge in [0.25, 0.3) is 0 Å². The Balaban J connectivity index is 1.56. The van der Waals surface area contributed by atoms with Crippen LogP contribution in [0.4, 0.5) is 0 Å². The molecular formula is C26H25NO3. The van der Waals surface area contributed by atoms with Gasteiger partial charge in [0.2, 0.25) is 5.91 Å². The fourth-order valence-corrected chi connectivity index (χ4v) is 3.32. The van der Waals surface area contributed by atoms with Crippen molar-refractivity contribution >= 4 is 18.0 Å². The second-order valence-corrected chi connectivity index (χ2v) is 6.90. The van der Waals surface area contributed by atoms with Crippen molar-refractivity contribution in [1.82, 2.24) is 5.32 Å². The summed E-state index contributed by atoms with van der Waals surface area (Å²) in [5.41, 5.74) is 3.79. The zero-order chi connectivity index (χ0) is 21.2. The molecule has 1 amide bonds. The molecule has 4 heteroatoms. The van der Waals surface area contributed by atoms with E-state index in [0.717, 1.165) is 12.0 Å². The fraction of sp³-hybridized carbons (Fsp3) is 0.154. The van der Waals surface area contributed by atoms with Crippen LogP contribution < -0.4 is 5.32 Å². The van der Waals surface area contributed by atoms with E-state index in [-0.39, 0.29) is 17.8 Å². The highest BCUT2D eigenvalue weighted by atomic mass is 16.5. The first kappa shape index (κ1) is 21.1. The topological polar surface area (TPSA) is 55.4 Å². The first-order valence-electron chi connectivity index (χ1n) is 9.91. The van der Waals surface area contributed by atoms with Crippen molar-refractivity contribution in [2.75, 3.05) is 13.7 Å². The summed E-state index contributed by atoms with van der Waals surface area (Å²) in [6.07, 6.45) is 4.04. The molecule has 0 radical (unpaired) electrons. The van der Waals surface area contributed by atoms with Gasteiger partial charge in [-0.1, -0.05) is 72.8 Å². The van der Waals surface area contributed by atoms with Gasteiger partial charge < -0.3 is 10.1 Å². The number of hydrogen-bond acceptors (Lipinski definition) is 3. The maximum Gasteiger partial charge on any atom is 0.337 e. The highest BCUT2D eigenvalue weighted by molar-refractivity contribution is 5.92. The van der Waals surface area contributed by atoms with E-state index in [1.54, 1.807) is 30.3 Å².